The van der Waals surface area contributed by atoms with E-state index in [1.807, 2.05) is 4.90 Å². The number of benzene rings is 1. The molecule has 0 radical (unpaired) electrons. The van der Waals surface area contributed by atoms with Crippen molar-refractivity contribution in [3.8, 4) is 0 Å². The van der Waals surface area contributed by atoms with Crippen molar-refractivity contribution in [2.45, 2.75) is 25.7 Å². The van der Waals surface area contributed by atoms with Crippen molar-refractivity contribution in [1.29, 1.82) is 0 Å². The summed E-state index contributed by atoms with van der Waals surface area (Å²) in [4.78, 5) is 14.1. The molecule has 0 aliphatic carbocycles. The summed E-state index contributed by atoms with van der Waals surface area (Å²) in [5.41, 5.74) is -0.789. The van der Waals surface area contributed by atoms with Crippen LogP contribution in [0.1, 0.15) is 18.1 Å². The van der Waals surface area contributed by atoms with Crippen molar-refractivity contribution >= 4 is 6.09 Å². The fourth-order valence-corrected chi connectivity index (χ4v) is 2.62. The van der Waals surface area contributed by atoms with Gasteiger partial charge < -0.3 is 10.0 Å². The highest BCUT2D eigenvalue weighted by Gasteiger charge is 2.32. The van der Waals surface area contributed by atoms with Crippen molar-refractivity contribution < 1.29 is 27.5 Å². The fraction of sp³-hybridized carbons (Fsp3) is 0.500. The zero-order chi connectivity index (χ0) is 16.5. The van der Waals surface area contributed by atoms with Gasteiger partial charge in [-0.3, -0.25) is 4.90 Å². The van der Waals surface area contributed by atoms with E-state index >= 15 is 0 Å². The van der Waals surface area contributed by atoms with E-state index < -0.39 is 23.7 Å². The highest BCUT2D eigenvalue weighted by atomic mass is 19.4. The maximum atomic E-state index is 13.4. The normalized spacial score (nSPS) is 20.2. The van der Waals surface area contributed by atoms with Gasteiger partial charge in [0, 0.05) is 32.2 Å². The summed E-state index contributed by atoms with van der Waals surface area (Å²) in [6.45, 7) is 2.95. The van der Waals surface area contributed by atoms with Gasteiger partial charge in [0.15, 0.2) is 0 Å². The molecule has 22 heavy (non-hydrogen) atoms. The lowest BCUT2D eigenvalue weighted by Crippen LogP contribution is -2.53. The largest absolute Gasteiger partial charge is 0.465 e. The van der Waals surface area contributed by atoms with Gasteiger partial charge in [0.25, 0.3) is 0 Å². The number of hydrogen-bond donors (Lipinski definition) is 1. The minimum Gasteiger partial charge on any atom is -0.465 e. The number of nitrogens with zero attached hydrogens (tertiary/aromatic N) is 2. The predicted octanol–water partition coefficient (Wildman–Crippen LogP) is 3.03. The Balaban J connectivity index is 2.09. The van der Waals surface area contributed by atoms with Crippen LogP contribution in [0.5, 0.6) is 0 Å². The lowest BCUT2D eigenvalue weighted by atomic mass is 10.1. The molecule has 1 N–H and O–H groups in total. The molecule has 122 valence electrons. The molecule has 0 saturated carbocycles. The summed E-state index contributed by atoms with van der Waals surface area (Å²) in [6.07, 6.45) is -5.61. The molecule has 1 saturated heterocycles. The Bertz CT molecular complexity index is 562. The Labute approximate surface area is 124 Å². The minimum atomic E-state index is -4.59. The Hall–Kier alpha value is -1.83. The van der Waals surface area contributed by atoms with E-state index in [4.69, 9.17) is 5.11 Å². The molecule has 8 heteroatoms. The van der Waals surface area contributed by atoms with Crippen LogP contribution >= 0.6 is 0 Å². The molecule has 1 atom stereocenters. The Morgan fingerprint density at radius 2 is 2.00 bits per heavy atom. The number of amides is 1. The van der Waals surface area contributed by atoms with Crippen molar-refractivity contribution in [2.24, 2.45) is 0 Å². The SMILES string of the molecule is CC1CN(Cc2cc(F)cc(C(F)(F)F)c2)CCN1C(=O)O. The van der Waals surface area contributed by atoms with E-state index in [2.05, 4.69) is 0 Å². The molecule has 4 nitrogen and oxygen atoms in total. The van der Waals surface area contributed by atoms with E-state index in [0.717, 1.165) is 12.1 Å². The van der Waals surface area contributed by atoms with Crippen LogP contribution in [0.15, 0.2) is 18.2 Å². The molecular weight excluding hydrogens is 304 g/mol. The lowest BCUT2D eigenvalue weighted by molar-refractivity contribution is -0.137. The fourth-order valence-electron chi connectivity index (χ4n) is 2.62. The molecule has 1 amide bonds. The number of hydrogen-bond acceptors (Lipinski definition) is 2. The summed E-state index contributed by atoms with van der Waals surface area (Å²) in [7, 11) is 0. The molecule has 1 heterocycles. The molecule has 1 aromatic carbocycles. The monoisotopic (exact) mass is 320 g/mol. The molecule has 1 fully saturated rings. The maximum absolute atomic E-state index is 13.4. The zero-order valence-electron chi connectivity index (χ0n) is 11.9. The summed E-state index contributed by atoms with van der Waals surface area (Å²) >= 11 is 0. The Morgan fingerprint density at radius 3 is 2.55 bits per heavy atom. The van der Waals surface area contributed by atoms with Gasteiger partial charge in [-0.15, -0.1) is 0 Å². The van der Waals surface area contributed by atoms with Crippen LogP contribution in [-0.4, -0.2) is 46.7 Å². The Kier molecular flexibility index (Phi) is 4.60. The van der Waals surface area contributed by atoms with Gasteiger partial charge in [-0.1, -0.05) is 0 Å². The first-order chi connectivity index (χ1) is 10.2. The summed E-state index contributed by atoms with van der Waals surface area (Å²) in [5.74, 6) is -0.929. The number of halogens is 4. The van der Waals surface area contributed by atoms with E-state index in [1.54, 1.807) is 6.92 Å². The third-order valence-electron chi connectivity index (χ3n) is 3.65. The molecule has 2 rings (SSSR count). The van der Waals surface area contributed by atoms with Crippen LogP contribution in [0.3, 0.4) is 0 Å². The standard InChI is InChI=1S/C14H16F4N2O2/c1-9-7-19(2-3-20(9)13(21)22)8-10-4-11(14(16,17)18)6-12(15)5-10/h4-6,9H,2-3,7-8H2,1H3,(H,21,22). The van der Waals surface area contributed by atoms with E-state index in [1.165, 1.54) is 4.90 Å². The second kappa shape index (κ2) is 6.12. The molecule has 0 bridgehead atoms. The van der Waals surface area contributed by atoms with Gasteiger partial charge in [-0.25, -0.2) is 9.18 Å². The molecule has 0 spiro atoms. The topological polar surface area (TPSA) is 43.8 Å². The van der Waals surface area contributed by atoms with Gasteiger partial charge in [0.2, 0.25) is 0 Å². The molecule has 1 aliphatic rings. The van der Waals surface area contributed by atoms with Gasteiger partial charge in [-0.2, -0.15) is 13.2 Å². The van der Waals surface area contributed by atoms with Crippen molar-refractivity contribution in [3.63, 3.8) is 0 Å². The average molecular weight is 320 g/mol. The average Bonchev–Trinajstić information content (AvgIpc) is 2.36. The van der Waals surface area contributed by atoms with Crippen LogP contribution < -0.4 is 0 Å². The summed E-state index contributed by atoms with van der Waals surface area (Å²) in [5, 5.41) is 8.98. The van der Waals surface area contributed by atoms with E-state index in [9.17, 15) is 22.4 Å². The van der Waals surface area contributed by atoms with Crippen LogP contribution in [-0.2, 0) is 12.7 Å². The van der Waals surface area contributed by atoms with Crippen LogP contribution in [0.25, 0.3) is 0 Å². The lowest BCUT2D eigenvalue weighted by Gasteiger charge is -2.38. The maximum Gasteiger partial charge on any atom is 0.416 e. The number of alkyl halides is 3. The van der Waals surface area contributed by atoms with Gasteiger partial charge in [0.1, 0.15) is 5.82 Å². The molecular formula is C14H16F4N2O2. The number of carboxylic acid groups (broad SMARTS) is 1. The minimum absolute atomic E-state index is 0.151. The molecule has 1 aliphatic heterocycles. The van der Waals surface area contributed by atoms with Crippen LogP contribution in [0, 0.1) is 5.82 Å². The molecule has 1 aromatic rings. The number of piperazine rings is 1. The molecule has 1 unspecified atom stereocenters. The van der Waals surface area contributed by atoms with Crippen LogP contribution in [0.2, 0.25) is 0 Å². The predicted molar refractivity (Wildman–Crippen MR) is 70.9 cm³/mol. The van der Waals surface area contributed by atoms with Crippen molar-refractivity contribution in [3.05, 3.63) is 35.1 Å². The summed E-state index contributed by atoms with van der Waals surface area (Å²) < 4.78 is 51.4. The first-order valence-electron chi connectivity index (χ1n) is 6.75. The first kappa shape index (κ1) is 16.5. The van der Waals surface area contributed by atoms with Gasteiger partial charge >= 0.3 is 12.3 Å². The number of carbonyl (C=O) groups is 1. The highest BCUT2D eigenvalue weighted by molar-refractivity contribution is 5.65. The van der Waals surface area contributed by atoms with E-state index in [0.29, 0.717) is 19.2 Å². The second-order valence-electron chi connectivity index (χ2n) is 5.41. The van der Waals surface area contributed by atoms with Crippen molar-refractivity contribution in [2.75, 3.05) is 19.6 Å². The molecule has 0 aromatic heterocycles. The van der Waals surface area contributed by atoms with Gasteiger partial charge in [-0.05, 0) is 30.7 Å². The Morgan fingerprint density at radius 1 is 1.32 bits per heavy atom. The van der Waals surface area contributed by atoms with E-state index in [-0.39, 0.29) is 24.7 Å². The first-order valence-corrected chi connectivity index (χ1v) is 6.75. The quantitative estimate of drug-likeness (QED) is 0.852. The van der Waals surface area contributed by atoms with Gasteiger partial charge in [0.05, 0.1) is 5.56 Å². The zero-order valence-corrected chi connectivity index (χ0v) is 11.9. The third-order valence-corrected chi connectivity index (χ3v) is 3.65. The second-order valence-corrected chi connectivity index (χ2v) is 5.41. The summed E-state index contributed by atoms with van der Waals surface area (Å²) in [6, 6.07) is 2.21. The third kappa shape index (κ3) is 3.88. The van der Waals surface area contributed by atoms with Crippen molar-refractivity contribution in [1.82, 2.24) is 9.80 Å². The van der Waals surface area contributed by atoms with Crippen LogP contribution in [0.4, 0.5) is 22.4 Å². The number of rotatable bonds is 2. The highest BCUT2D eigenvalue weighted by Crippen LogP contribution is 2.30. The smallest absolute Gasteiger partial charge is 0.416 e.